The zero-order chi connectivity index (χ0) is 18.9. The molecule has 0 amide bonds. The van der Waals surface area contributed by atoms with Crippen LogP contribution >= 0.6 is 0 Å². The van der Waals surface area contributed by atoms with Crippen molar-refractivity contribution in [2.24, 2.45) is 14.1 Å². The van der Waals surface area contributed by atoms with E-state index in [9.17, 15) is 9.90 Å². The van der Waals surface area contributed by atoms with Crippen molar-refractivity contribution >= 4 is 21.9 Å². The van der Waals surface area contributed by atoms with E-state index < -0.39 is 6.23 Å². The summed E-state index contributed by atoms with van der Waals surface area (Å²) in [5, 5.41) is 15.5. The number of hydrogen-bond donors (Lipinski definition) is 1. The van der Waals surface area contributed by atoms with Crippen LogP contribution in [0.2, 0.25) is 0 Å². The highest BCUT2D eigenvalue weighted by Gasteiger charge is 2.29. The number of imidazole rings is 1. The lowest BCUT2D eigenvalue weighted by atomic mass is 10.0. The van der Waals surface area contributed by atoms with E-state index in [1.165, 1.54) is 9.13 Å². The van der Waals surface area contributed by atoms with E-state index in [1.54, 1.807) is 31.2 Å². The maximum absolute atomic E-state index is 12.7. The van der Waals surface area contributed by atoms with Crippen LogP contribution in [0.1, 0.15) is 6.23 Å². The number of aromatic nitrogens is 5. The van der Waals surface area contributed by atoms with E-state index in [1.807, 2.05) is 19.3 Å². The molecule has 9 heteroatoms. The van der Waals surface area contributed by atoms with Gasteiger partial charge in [0.05, 0.1) is 47.0 Å². The predicted molar refractivity (Wildman–Crippen MR) is 98.0 cm³/mol. The van der Waals surface area contributed by atoms with Crippen LogP contribution in [0.5, 0.6) is 11.5 Å². The lowest BCUT2D eigenvalue weighted by molar-refractivity contribution is 0.0528. The number of pyridine rings is 1. The minimum atomic E-state index is -1.10. The van der Waals surface area contributed by atoms with E-state index in [0.717, 1.165) is 5.56 Å². The molecule has 5 rings (SSSR count). The van der Waals surface area contributed by atoms with Gasteiger partial charge >= 0.3 is 5.69 Å². The quantitative estimate of drug-likeness (QED) is 0.572. The third-order valence-corrected chi connectivity index (χ3v) is 5.01. The Labute approximate surface area is 153 Å². The van der Waals surface area contributed by atoms with Crippen LogP contribution in [0.25, 0.3) is 33.1 Å². The largest absolute Gasteiger partial charge is 0.496 e. The fourth-order valence-corrected chi connectivity index (χ4v) is 3.76. The highest BCUT2D eigenvalue weighted by Crippen LogP contribution is 2.46. The minimum Gasteiger partial charge on any atom is -0.496 e. The number of ether oxygens (including phenoxy) is 2. The Bertz CT molecular complexity index is 1280. The molecule has 0 fully saturated rings. The molecule has 3 aromatic heterocycles. The first-order valence-corrected chi connectivity index (χ1v) is 8.41. The first-order chi connectivity index (χ1) is 13.0. The normalized spacial score (nSPS) is 16.1. The van der Waals surface area contributed by atoms with E-state index in [0.29, 0.717) is 39.0 Å². The van der Waals surface area contributed by atoms with Crippen molar-refractivity contribution in [3.63, 3.8) is 0 Å². The van der Waals surface area contributed by atoms with Gasteiger partial charge in [-0.15, -0.1) is 0 Å². The zero-order valence-electron chi connectivity index (χ0n) is 15.0. The van der Waals surface area contributed by atoms with Crippen LogP contribution < -0.4 is 15.2 Å². The summed E-state index contributed by atoms with van der Waals surface area (Å²) < 4.78 is 16.1. The van der Waals surface area contributed by atoms with Crippen molar-refractivity contribution in [1.29, 1.82) is 0 Å². The molecular formula is C18H17N5O4. The molecule has 9 nitrogen and oxygen atoms in total. The van der Waals surface area contributed by atoms with Crippen LogP contribution in [0.3, 0.4) is 0 Å². The lowest BCUT2D eigenvalue weighted by Crippen LogP contribution is -2.28. The Hall–Kier alpha value is -3.33. The molecular weight excluding hydrogens is 350 g/mol. The van der Waals surface area contributed by atoms with E-state index in [2.05, 4.69) is 10.1 Å². The molecule has 0 saturated heterocycles. The van der Waals surface area contributed by atoms with Gasteiger partial charge in [0.15, 0.2) is 6.23 Å². The summed E-state index contributed by atoms with van der Waals surface area (Å²) in [4.78, 5) is 17.2. The summed E-state index contributed by atoms with van der Waals surface area (Å²) in [5.41, 5.74) is 3.05. The van der Waals surface area contributed by atoms with Crippen molar-refractivity contribution in [3.05, 3.63) is 35.1 Å². The van der Waals surface area contributed by atoms with E-state index in [4.69, 9.17) is 9.47 Å². The Balaban J connectivity index is 2.03. The van der Waals surface area contributed by atoms with Crippen LogP contribution in [-0.4, -0.2) is 42.7 Å². The topological polar surface area (TPSA) is 96.3 Å². The highest BCUT2D eigenvalue weighted by molar-refractivity contribution is 6.10. The van der Waals surface area contributed by atoms with E-state index in [-0.39, 0.29) is 12.3 Å². The van der Waals surface area contributed by atoms with Gasteiger partial charge in [-0.2, -0.15) is 5.10 Å². The lowest BCUT2D eigenvalue weighted by Gasteiger charge is -2.16. The molecule has 1 aliphatic heterocycles. The summed E-state index contributed by atoms with van der Waals surface area (Å²) in [6, 6.07) is 1.81. The molecule has 4 aromatic rings. The number of hydrogen-bond acceptors (Lipinski definition) is 6. The molecule has 0 spiro atoms. The van der Waals surface area contributed by atoms with Crippen molar-refractivity contribution in [3.8, 4) is 22.6 Å². The van der Waals surface area contributed by atoms with E-state index >= 15 is 0 Å². The van der Waals surface area contributed by atoms with Crippen LogP contribution in [-0.2, 0) is 14.1 Å². The summed E-state index contributed by atoms with van der Waals surface area (Å²) in [5.74, 6) is 1.10. The van der Waals surface area contributed by atoms with Crippen molar-refractivity contribution in [2.75, 3.05) is 13.7 Å². The standard InChI is InChI=1S/C18H17N5O4/c1-21-7-9(5-20-21)14-12(26-3)4-10-15-16-11(6-19-10)22(2)18(25)23(16)13(24)8-27-17(14)15/h4-7,13,24H,8H2,1-3H3. The fourth-order valence-electron chi connectivity index (χ4n) is 3.76. The molecule has 1 aliphatic rings. The highest BCUT2D eigenvalue weighted by atomic mass is 16.5. The number of aliphatic hydroxyl groups is 1. The molecule has 0 bridgehead atoms. The number of aryl methyl sites for hydroxylation is 2. The van der Waals surface area contributed by atoms with Gasteiger partial charge in [0.2, 0.25) is 0 Å². The Morgan fingerprint density at radius 3 is 2.85 bits per heavy atom. The average molecular weight is 367 g/mol. The van der Waals surface area contributed by atoms with Gasteiger partial charge < -0.3 is 14.6 Å². The molecule has 4 heterocycles. The first-order valence-electron chi connectivity index (χ1n) is 8.41. The number of methoxy groups -OCH3 is 1. The molecule has 0 saturated carbocycles. The number of benzene rings is 1. The van der Waals surface area contributed by atoms with Crippen molar-refractivity contribution in [1.82, 2.24) is 23.9 Å². The second-order valence-electron chi connectivity index (χ2n) is 6.58. The second-order valence-corrected chi connectivity index (χ2v) is 6.58. The summed E-state index contributed by atoms with van der Waals surface area (Å²) in [6.07, 6.45) is 4.10. The summed E-state index contributed by atoms with van der Waals surface area (Å²) in [6.45, 7) is -0.0662. The third kappa shape index (κ3) is 2.00. The van der Waals surface area contributed by atoms with Gasteiger partial charge in [-0.25, -0.2) is 4.79 Å². The predicted octanol–water partition coefficient (Wildman–Crippen LogP) is 1.18. The van der Waals surface area contributed by atoms with Crippen LogP contribution in [0.15, 0.2) is 29.5 Å². The molecule has 138 valence electrons. The molecule has 1 N–H and O–H groups in total. The molecule has 0 radical (unpaired) electrons. The average Bonchev–Trinajstić information content (AvgIpc) is 3.15. The first kappa shape index (κ1) is 15.9. The summed E-state index contributed by atoms with van der Waals surface area (Å²) in [7, 11) is 5.07. The third-order valence-electron chi connectivity index (χ3n) is 5.01. The Kier molecular flexibility index (Phi) is 3.14. The van der Waals surface area contributed by atoms with Gasteiger partial charge in [0.25, 0.3) is 0 Å². The van der Waals surface area contributed by atoms with Crippen molar-refractivity contribution in [2.45, 2.75) is 6.23 Å². The zero-order valence-corrected chi connectivity index (χ0v) is 15.0. The maximum atomic E-state index is 12.7. The minimum absolute atomic E-state index is 0.0662. The number of nitrogens with zero attached hydrogens (tertiary/aromatic N) is 5. The molecule has 1 atom stereocenters. The smallest absolute Gasteiger partial charge is 0.331 e. The van der Waals surface area contributed by atoms with Gasteiger partial charge in [0.1, 0.15) is 18.1 Å². The number of aliphatic hydroxyl groups excluding tert-OH is 1. The SMILES string of the molecule is COc1cc2ncc3c4c2c(c1-c1cnn(C)c1)OCC(O)n4c(=O)n3C. The fraction of sp³-hybridized carbons (Fsp3) is 0.278. The Morgan fingerprint density at radius 1 is 1.33 bits per heavy atom. The monoisotopic (exact) mass is 367 g/mol. The van der Waals surface area contributed by atoms with Gasteiger partial charge in [-0.05, 0) is 0 Å². The van der Waals surface area contributed by atoms with Crippen LogP contribution in [0.4, 0.5) is 0 Å². The van der Waals surface area contributed by atoms with Crippen LogP contribution in [0, 0.1) is 0 Å². The van der Waals surface area contributed by atoms with Gasteiger partial charge in [0, 0.05) is 31.9 Å². The molecule has 1 aromatic carbocycles. The second kappa shape index (κ2) is 5.34. The summed E-state index contributed by atoms with van der Waals surface area (Å²) >= 11 is 0. The van der Waals surface area contributed by atoms with Gasteiger partial charge in [-0.1, -0.05) is 0 Å². The molecule has 0 aliphatic carbocycles. The molecule has 27 heavy (non-hydrogen) atoms. The maximum Gasteiger partial charge on any atom is 0.331 e. The molecule has 1 unspecified atom stereocenters. The number of rotatable bonds is 2. The van der Waals surface area contributed by atoms with Gasteiger partial charge in [-0.3, -0.25) is 18.8 Å². The Morgan fingerprint density at radius 2 is 2.15 bits per heavy atom. The van der Waals surface area contributed by atoms with Crippen molar-refractivity contribution < 1.29 is 14.6 Å².